The van der Waals surface area contributed by atoms with Crippen LogP contribution in [0.25, 0.3) is 11.4 Å². The van der Waals surface area contributed by atoms with Gasteiger partial charge in [-0.2, -0.15) is 9.37 Å². The average Bonchev–Trinajstić information content (AvgIpc) is 2.66. The molecule has 0 spiro atoms. The van der Waals surface area contributed by atoms with E-state index in [1.54, 1.807) is 6.20 Å². The van der Waals surface area contributed by atoms with Gasteiger partial charge >= 0.3 is 0 Å². The minimum Gasteiger partial charge on any atom is -0.236 e. The van der Waals surface area contributed by atoms with Crippen LogP contribution in [0.4, 0.5) is 4.39 Å². The summed E-state index contributed by atoms with van der Waals surface area (Å²) >= 11 is 0. The first kappa shape index (κ1) is 20.5. The van der Waals surface area contributed by atoms with E-state index in [2.05, 4.69) is 35.9 Å². The van der Waals surface area contributed by atoms with E-state index < -0.39 is 0 Å². The first-order chi connectivity index (χ1) is 12.7. The highest BCUT2D eigenvalue weighted by atomic mass is 19.1. The Hall–Kier alpha value is -1.77. The van der Waals surface area contributed by atoms with Crippen molar-refractivity contribution < 1.29 is 4.39 Å². The fraction of sp³-hybridized carbons (Fsp3) is 0.565. The zero-order valence-electron chi connectivity index (χ0n) is 16.4. The summed E-state index contributed by atoms with van der Waals surface area (Å²) < 4.78 is 14.3. The average molecular weight is 357 g/mol. The Kier molecular flexibility index (Phi) is 9.30. The Morgan fingerprint density at radius 1 is 0.769 bits per heavy atom. The second-order valence-electron chi connectivity index (χ2n) is 7.18. The minimum atomic E-state index is -0.365. The molecule has 3 heteroatoms. The summed E-state index contributed by atoms with van der Waals surface area (Å²) in [5.74, 6) is 0.112. The molecular formula is C23H33FN2. The predicted molar refractivity (Wildman–Crippen MR) is 108 cm³/mol. The molecule has 1 heterocycles. The summed E-state index contributed by atoms with van der Waals surface area (Å²) in [6.45, 7) is 4.40. The van der Waals surface area contributed by atoms with E-state index in [0.29, 0.717) is 11.4 Å². The third-order valence-corrected chi connectivity index (χ3v) is 4.86. The SMILES string of the molecule is CCCCCCCCCCc1cnc(-c2ccc(CCC)cc2)nc1F. The van der Waals surface area contributed by atoms with Gasteiger partial charge in [-0.15, -0.1) is 0 Å². The molecule has 1 aromatic carbocycles. The molecule has 0 radical (unpaired) electrons. The van der Waals surface area contributed by atoms with Gasteiger partial charge < -0.3 is 0 Å². The fourth-order valence-electron chi connectivity index (χ4n) is 3.25. The predicted octanol–water partition coefficient (Wildman–Crippen LogP) is 6.92. The van der Waals surface area contributed by atoms with E-state index >= 15 is 0 Å². The lowest BCUT2D eigenvalue weighted by Crippen LogP contribution is -1.99. The molecule has 2 aromatic rings. The molecule has 0 aliphatic rings. The smallest absolute Gasteiger partial charge is 0.219 e. The van der Waals surface area contributed by atoms with E-state index in [9.17, 15) is 4.39 Å². The normalized spacial score (nSPS) is 11.0. The summed E-state index contributed by atoms with van der Waals surface area (Å²) in [7, 11) is 0. The summed E-state index contributed by atoms with van der Waals surface area (Å²) in [5.41, 5.74) is 2.81. The Labute approximate surface area is 158 Å². The van der Waals surface area contributed by atoms with E-state index in [0.717, 1.165) is 37.7 Å². The molecule has 0 saturated heterocycles. The van der Waals surface area contributed by atoms with Gasteiger partial charge in [0, 0.05) is 17.3 Å². The molecule has 0 bridgehead atoms. The molecule has 0 aliphatic heterocycles. The first-order valence-electron chi connectivity index (χ1n) is 10.3. The molecule has 0 atom stereocenters. The number of nitrogens with zero attached hydrogens (tertiary/aromatic N) is 2. The summed E-state index contributed by atoms with van der Waals surface area (Å²) in [5, 5.41) is 0. The maximum absolute atomic E-state index is 14.3. The van der Waals surface area contributed by atoms with Gasteiger partial charge in [-0.05, 0) is 24.8 Å². The van der Waals surface area contributed by atoms with Crippen LogP contribution in [-0.2, 0) is 12.8 Å². The molecule has 0 saturated carbocycles. The van der Waals surface area contributed by atoms with Crippen molar-refractivity contribution in [3.05, 3.63) is 47.5 Å². The lowest BCUT2D eigenvalue weighted by Gasteiger charge is -2.06. The quantitative estimate of drug-likeness (QED) is 0.305. The van der Waals surface area contributed by atoms with Gasteiger partial charge in [0.25, 0.3) is 0 Å². The molecule has 0 aliphatic carbocycles. The summed E-state index contributed by atoms with van der Waals surface area (Å²) in [6.07, 6.45) is 14.6. The molecule has 0 fully saturated rings. The Morgan fingerprint density at radius 3 is 2.04 bits per heavy atom. The monoisotopic (exact) mass is 356 g/mol. The zero-order valence-corrected chi connectivity index (χ0v) is 16.4. The van der Waals surface area contributed by atoms with E-state index in [1.807, 2.05) is 12.1 Å². The number of unbranched alkanes of at least 4 members (excludes halogenated alkanes) is 7. The summed E-state index contributed by atoms with van der Waals surface area (Å²) in [6, 6.07) is 8.12. The Balaban J connectivity index is 1.79. The lowest BCUT2D eigenvalue weighted by atomic mass is 10.1. The highest BCUT2D eigenvalue weighted by molar-refractivity contribution is 5.55. The van der Waals surface area contributed by atoms with Gasteiger partial charge in [0.05, 0.1) is 0 Å². The highest BCUT2D eigenvalue weighted by Crippen LogP contribution is 2.19. The molecule has 2 rings (SSSR count). The highest BCUT2D eigenvalue weighted by Gasteiger charge is 2.08. The number of hydrogen-bond donors (Lipinski definition) is 0. The minimum absolute atomic E-state index is 0.365. The number of benzene rings is 1. The molecular weight excluding hydrogens is 323 g/mol. The van der Waals surface area contributed by atoms with Crippen molar-refractivity contribution in [3.63, 3.8) is 0 Å². The van der Waals surface area contributed by atoms with Crippen molar-refractivity contribution in [3.8, 4) is 11.4 Å². The van der Waals surface area contributed by atoms with Crippen LogP contribution in [0.3, 0.4) is 0 Å². The molecule has 0 N–H and O–H groups in total. The second kappa shape index (κ2) is 11.8. The van der Waals surface area contributed by atoms with Crippen LogP contribution in [0.15, 0.2) is 30.5 Å². The van der Waals surface area contributed by atoms with Gasteiger partial charge in [-0.3, -0.25) is 0 Å². The second-order valence-corrected chi connectivity index (χ2v) is 7.18. The van der Waals surface area contributed by atoms with Crippen LogP contribution in [0, 0.1) is 5.95 Å². The number of aromatic nitrogens is 2. The van der Waals surface area contributed by atoms with Crippen molar-refractivity contribution in [2.24, 2.45) is 0 Å². The van der Waals surface area contributed by atoms with Crippen LogP contribution in [0.1, 0.15) is 82.8 Å². The molecule has 142 valence electrons. The van der Waals surface area contributed by atoms with Crippen LogP contribution in [-0.4, -0.2) is 9.97 Å². The number of halogens is 1. The maximum Gasteiger partial charge on any atom is 0.219 e. The number of aryl methyl sites for hydroxylation is 2. The fourth-order valence-corrected chi connectivity index (χ4v) is 3.25. The van der Waals surface area contributed by atoms with E-state index in [1.165, 1.54) is 44.1 Å². The molecule has 2 nitrogen and oxygen atoms in total. The molecule has 26 heavy (non-hydrogen) atoms. The van der Waals surface area contributed by atoms with Gasteiger partial charge in [-0.1, -0.05) is 89.5 Å². The van der Waals surface area contributed by atoms with Crippen LogP contribution < -0.4 is 0 Å². The van der Waals surface area contributed by atoms with Crippen molar-refractivity contribution in [2.45, 2.75) is 84.5 Å². The van der Waals surface area contributed by atoms with Crippen molar-refractivity contribution in [1.82, 2.24) is 9.97 Å². The van der Waals surface area contributed by atoms with Crippen LogP contribution in [0.5, 0.6) is 0 Å². The lowest BCUT2D eigenvalue weighted by molar-refractivity contribution is 0.544. The van der Waals surface area contributed by atoms with Crippen molar-refractivity contribution in [1.29, 1.82) is 0 Å². The molecule has 1 aromatic heterocycles. The Bertz CT molecular complexity index is 637. The zero-order chi connectivity index (χ0) is 18.6. The van der Waals surface area contributed by atoms with Crippen molar-refractivity contribution >= 4 is 0 Å². The van der Waals surface area contributed by atoms with Crippen LogP contribution >= 0.6 is 0 Å². The molecule has 0 unspecified atom stereocenters. The van der Waals surface area contributed by atoms with Gasteiger partial charge in [0.1, 0.15) is 0 Å². The van der Waals surface area contributed by atoms with Gasteiger partial charge in [0.15, 0.2) is 5.82 Å². The number of hydrogen-bond acceptors (Lipinski definition) is 2. The number of rotatable bonds is 12. The van der Waals surface area contributed by atoms with Crippen molar-refractivity contribution in [2.75, 3.05) is 0 Å². The third kappa shape index (κ3) is 6.86. The Morgan fingerprint density at radius 2 is 1.42 bits per heavy atom. The summed E-state index contributed by atoms with van der Waals surface area (Å²) in [4.78, 5) is 8.47. The van der Waals surface area contributed by atoms with E-state index in [4.69, 9.17) is 0 Å². The molecule has 0 amide bonds. The van der Waals surface area contributed by atoms with Gasteiger partial charge in [-0.25, -0.2) is 4.98 Å². The van der Waals surface area contributed by atoms with Crippen LogP contribution in [0.2, 0.25) is 0 Å². The third-order valence-electron chi connectivity index (χ3n) is 4.86. The topological polar surface area (TPSA) is 25.8 Å². The first-order valence-corrected chi connectivity index (χ1v) is 10.3. The maximum atomic E-state index is 14.3. The largest absolute Gasteiger partial charge is 0.236 e. The van der Waals surface area contributed by atoms with Gasteiger partial charge in [0.2, 0.25) is 5.95 Å². The standard InChI is InChI=1S/C23H33FN2/c1-3-5-6-7-8-9-10-11-13-21-18-25-23(26-22(21)24)20-16-14-19(12-4-2)15-17-20/h14-18H,3-13H2,1-2H3. The van der Waals surface area contributed by atoms with E-state index in [-0.39, 0.29) is 5.95 Å².